The molecule has 3 nitrogen and oxygen atoms in total. The fourth-order valence-corrected chi connectivity index (χ4v) is 1.68. The Morgan fingerprint density at radius 2 is 2.12 bits per heavy atom. The van der Waals surface area contributed by atoms with Crippen molar-refractivity contribution < 1.29 is 14.2 Å². The van der Waals surface area contributed by atoms with Crippen LogP contribution in [0.4, 0.5) is 0 Å². The van der Waals surface area contributed by atoms with Crippen molar-refractivity contribution in [2.24, 2.45) is 0 Å². The van der Waals surface area contributed by atoms with Gasteiger partial charge in [0.2, 0.25) is 0 Å². The lowest BCUT2D eigenvalue weighted by Gasteiger charge is -2.13. The standard InChI is InChI=1S/C13H19BrO3/c1-3-15-10-11(2)16-7-8-17-13-6-4-5-12(14)9-13/h4-6,9,11H,3,7-8,10H2,1-2H3. The van der Waals surface area contributed by atoms with Gasteiger partial charge >= 0.3 is 0 Å². The van der Waals surface area contributed by atoms with Gasteiger partial charge in [-0.15, -0.1) is 0 Å². The maximum Gasteiger partial charge on any atom is 0.120 e. The number of ether oxygens (including phenoxy) is 3. The van der Waals surface area contributed by atoms with Crippen LogP contribution in [-0.2, 0) is 9.47 Å². The molecule has 0 N–H and O–H groups in total. The molecule has 0 heterocycles. The van der Waals surface area contributed by atoms with E-state index in [1.54, 1.807) is 0 Å². The highest BCUT2D eigenvalue weighted by Crippen LogP contribution is 2.17. The van der Waals surface area contributed by atoms with Crippen molar-refractivity contribution in [3.8, 4) is 5.75 Å². The summed E-state index contributed by atoms with van der Waals surface area (Å²) in [6, 6.07) is 7.77. The highest BCUT2D eigenvalue weighted by atomic mass is 79.9. The predicted molar refractivity (Wildman–Crippen MR) is 71.5 cm³/mol. The van der Waals surface area contributed by atoms with E-state index in [2.05, 4.69) is 15.9 Å². The second kappa shape index (κ2) is 8.50. The Morgan fingerprint density at radius 1 is 1.29 bits per heavy atom. The summed E-state index contributed by atoms with van der Waals surface area (Å²) >= 11 is 3.40. The number of hydrogen-bond acceptors (Lipinski definition) is 3. The van der Waals surface area contributed by atoms with Crippen LogP contribution in [0.15, 0.2) is 28.7 Å². The molecule has 0 aromatic heterocycles. The lowest BCUT2D eigenvalue weighted by atomic mass is 10.3. The van der Waals surface area contributed by atoms with Crippen molar-refractivity contribution in [1.82, 2.24) is 0 Å². The molecule has 0 spiro atoms. The monoisotopic (exact) mass is 302 g/mol. The van der Waals surface area contributed by atoms with Crippen LogP contribution in [0.1, 0.15) is 13.8 Å². The first kappa shape index (κ1) is 14.5. The summed E-state index contributed by atoms with van der Waals surface area (Å²) in [5.41, 5.74) is 0. The Kier molecular flexibility index (Phi) is 7.24. The first-order chi connectivity index (χ1) is 8.22. The molecule has 0 amide bonds. The van der Waals surface area contributed by atoms with Crippen molar-refractivity contribution in [3.63, 3.8) is 0 Å². The molecule has 0 radical (unpaired) electrons. The van der Waals surface area contributed by atoms with Gasteiger partial charge in [0.05, 0.1) is 19.3 Å². The van der Waals surface area contributed by atoms with E-state index in [1.165, 1.54) is 0 Å². The van der Waals surface area contributed by atoms with Gasteiger partial charge in [0, 0.05) is 11.1 Å². The summed E-state index contributed by atoms with van der Waals surface area (Å²) in [7, 11) is 0. The Bertz CT molecular complexity index is 317. The molecule has 0 saturated heterocycles. The van der Waals surface area contributed by atoms with Crippen molar-refractivity contribution in [3.05, 3.63) is 28.7 Å². The van der Waals surface area contributed by atoms with Gasteiger partial charge in [0.1, 0.15) is 12.4 Å². The zero-order valence-corrected chi connectivity index (χ0v) is 11.9. The molecule has 0 aliphatic heterocycles. The molecular formula is C13H19BrO3. The molecule has 0 bridgehead atoms. The molecule has 1 aromatic rings. The number of halogens is 1. The second-order valence-electron chi connectivity index (χ2n) is 3.65. The Balaban J connectivity index is 2.11. The zero-order chi connectivity index (χ0) is 12.5. The van der Waals surface area contributed by atoms with Gasteiger partial charge in [0.15, 0.2) is 0 Å². The van der Waals surface area contributed by atoms with Gasteiger partial charge in [0.25, 0.3) is 0 Å². The molecule has 1 unspecified atom stereocenters. The lowest BCUT2D eigenvalue weighted by molar-refractivity contribution is -0.0128. The first-order valence-corrected chi connectivity index (χ1v) is 6.59. The van der Waals surface area contributed by atoms with Gasteiger partial charge in [-0.05, 0) is 32.0 Å². The zero-order valence-electron chi connectivity index (χ0n) is 10.3. The lowest BCUT2D eigenvalue weighted by Crippen LogP contribution is -2.19. The minimum atomic E-state index is 0.112. The molecule has 1 rings (SSSR count). The molecule has 1 aromatic carbocycles. The number of hydrogen-bond donors (Lipinski definition) is 0. The molecule has 17 heavy (non-hydrogen) atoms. The molecule has 0 aliphatic carbocycles. The average Bonchev–Trinajstić information content (AvgIpc) is 2.32. The van der Waals surface area contributed by atoms with Gasteiger partial charge in [-0.25, -0.2) is 0 Å². The molecule has 0 fully saturated rings. The number of rotatable bonds is 8. The van der Waals surface area contributed by atoms with E-state index >= 15 is 0 Å². The Morgan fingerprint density at radius 3 is 2.82 bits per heavy atom. The summed E-state index contributed by atoms with van der Waals surface area (Å²) in [5, 5.41) is 0. The van der Waals surface area contributed by atoms with Crippen molar-refractivity contribution in [1.29, 1.82) is 0 Å². The van der Waals surface area contributed by atoms with Gasteiger partial charge in [-0.1, -0.05) is 22.0 Å². The minimum absolute atomic E-state index is 0.112. The van der Waals surface area contributed by atoms with Gasteiger partial charge in [-0.2, -0.15) is 0 Å². The van der Waals surface area contributed by atoms with Crippen molar-refractivity contribution in [2.45, 2.75) is 20.0 Å². The van der Waals surface area contributed by atoms with Crippen LogP contribution in [0.3, 0.4) is 0 Å². The average molecular weight is 303 g/mol. The highest BCUT2D eigenvalue weighted by molar-refractivity contribution is 9.10. The van der Waals surface area contributed by atoms with E-state index in [1.807, 2.05) is 38.1 Å². The minimum Gasteiger partial charge on any atom is -0.491 e. The van der Waals surface area contributed by atoms with E-state index in [4.69, 9.17) is 14.2 Å². The van der Waals surface area contributed by atoms with Crippen LogP contribution in [0.2, 0.25) is 0 Å². The highest BCUT2D eigenvalue weighted by Gasteiger charge is 2.01. The van der Waals surface area contributed by atoms with E-state index in [9.17, 15) is 0 Å². The van der Waals surface area contributed by atoms with Crippen LogP contribution in [0.5, 0.6) is 5.75 Å². The van der Waals surface area contributed by atoms with Gasteiger partial charge < -0.3 is 14.2 Å². The van der Waals surface area contributed by atoms with Crippen LogP contribution < -0.4 is 4.74 Å². The predicted octanol–water partition coefficient (Wildman–Crippen LogP) is 3.27. The largest absolute Gasteiger partial charge is 0.491 e. The van der Waals surface area contributed by atoms with Crippen LogP contribution >= 0.6 is 15.9 Å². The van der Waals surface area contributed by atoms with Gasteiger partial charge in [-0.3, -0.25) is 0 Å². The third-order valence-electron chi connectivity index (χ3n) is 2.11. The fourth-order valence-electron chi connectivity index (χ4n) is 1.30. The Hall–Kier alpha value is -0.580. The maximum absolute atomic E-state index is 5.55. The summed E-state index contributed by atoms with van der Waals surface area (Å²) in [6.07, 6.45) is 0.112. The molecule has 1 atom stereocenters. The molecular weight excluding hydrogens is 284 g/mol. The fraction of sp³-hybridized carbons (Fsp3) is 0.538. The van der Waals surface area contributed by atoms with E-state index < -0.39 is 0 Å². The third-order valence-corrected chi connectivity index (χ3v) is 2.60. The smallest absolute Gasteiger partial charge is 0.120 e. The summed E-state index contributed by atoms with van der Waals surface area (Å²) in [4.78, 5) is 0. The van der Waals surface area contributed by atoms with E-state index in [0.29, 0.717) is 19.8 Å². The van der Waals surface area contributed by atoms with E-state index in [0.717, 1.165) is 16.8 Å². The van der Waals surface area contributed by atoms with Crippen molar-refractivity contribution >= 4 is 15.9 Å². The third kappa shape index (κ3) is 6.66. The molecule has 96 valence electrons. The number of benzene rings is 1. The molecule has 0 aliphatic rings. The van der Waals surface area contributed by atoms with Crippen LogP contribution in [0.25, 0.3) is 0 Å². The SMILES string of the molecule is CCOCC(C)OCCOc1cccc(Br)c1. The van der Waals surface area contributed by atoms with Crippen LogP contribution in [-0.4, -0.2) is 32.5 Å². The topological polar surface area (TPSA) is 27.7 Å². The quantitative estimate of drug-likeness (QED) is 0.690. The maximum atomic E-state index is 5.55. The molecule has 4 heteroatoms. The summed E-state index contributed by atoms with van der Waals surface area (Å²) in [6.45, 7) is 6.45. The normalized spacial score (nSPS) is 12.4. The van der Waals surface area contributed by atoms with Crippen molar-refractivity contribution in [2.75, 3.05) is 26.4 Å². The summed E-state index contributed by atoms with van der Waals surface area (Å²) < 4.78 is 17.3. The second-order valence-corrected chi connectivity index (χ2v) is 4.56. The Labute approximate surface area is 111 Å². The molecule has 0 saturated carbocycles. The van der Waals surface area contributed by atoms with E-state index in [-0.39, 0.29) is 6.10 Å². The van der Waals surface area contributed by atoms with Crippen LogP contribution in [0, 0.1) is 0 Å². The summed E-state index contributed by atoms with van der Waals surface area (Å²) in [5.74, 6) is 0.848. The first-order valence-electron chi connectivity index (χ1n) is 5.80.